The van der Waals surface area contributed by atoms with Crippen molar-refractivity contribution in [2.75, 3.05) is 20.6 Å². The van der Waals surface area contributed by atoms with Gasteiger partial charge in [-0.3, -0.25) is 0 Å². The Hall–Kier alpha value is -1.32. The number of phenolic OH excluding ortho intramolecular Hbond substituents is 1. The van der Waals surface area contributed by atoms with Crippen LogP contribution in [-0.4, -0.2) is 36.3 Å². The number of aryl methyl sites for hydroxylation is 2. The fourth-order valence-corrected chi connectivity index (χ4v) is 4.30. The van der Waals surface area contributed by atoms with E-state index < -0.39 is 0 Å². The Morgan fingerprint density at radius 3 is 2.31 bits per heavy atom. The maximum Gasteiger partial charge on any atom is 0.119 e. The minimum Gasteiger partial charge on any atom is -1.00 e. The Bertz CT molecular complexity index is 723. The lowest BCUT2D eigenvalue weighted by Crippen LogP contribution is -3.00. The van der Waals surface area contributed by atoms with Crippen molar-refractivity contribution in [1.29, 1.82) is 0 Å². The second-order valence-corrected chi connectivity index (χ2v) is 8.41. The molecule has 1 aliphatic rings. The summed E-state index contributed by atoms with van der Waals surface area (Å²) in [5.74, 6) is 0.679. The van der Waals surface area contributed by atoms with E-state index in [1.807, 2.05) is 12.1 Å². The number of hydrogen-bond donors (Lipinski definition) is 1. The first-order valence-electron chi connectivity index (χ1n) is 9.55. The topological polar surface area (TPSA) is 20.2 Å². The van der Waals surface area contributed by atoms with Crippen molar-refractivity contribution in [3.05, 3.63) is 64.7 Å². The lowest BCUT2D eigenvalue weighted by Gasteiger charge is -2.43. The molecule has 0 bridgehead atoms. The Balaban J connectivity index is 0.00000243. The lowest BCUT2D eigenvalue weighted by atomic mass is 9.81. The summed E-state index contributed by atoms with van der Waals surface area (Å²) in [6.45, 7) is 5.49. The zero-order valence-corrected chi connectivity index (χ0v) is 18.1. The Morgan fingerprint density at radius 2 is 1.65 bits per heavy atom. The summed E-state index contributed by atoms with van der Waals surface area (Å²) < 4.78 is 1.09. The van der Waals surface area contributed by atoms with Gasteiger partial charge in [-0.25, -0.2) is 0 Å². The standard InChI is InChI=1S/C23H31NO.BrH/c1-17-8-11-19(12-9-17)21(22-15-18(2)10-13-23(22)25)16-20-7-5-6-14-24(20,3)4;/h8-13,15,20-21H,5-7,14,16H2,1-4H3;1H. The molecule has 0 radical (unpaired) electrons. The van der Waals surface area contributed by atoms with Crippen LogP contribution in [0, 0.1) is 13.8 Å². The van der Waals surface area contributed by atoms with E-state index in [0.717, 1.165) is 16.5 Å². The van der Waals surface area contributed by atoms with Crippen LogP contribution >= 0.6 is 0 Å². The van der Waals surface area contributed by atoms with Gasteiger partial charge in [0.2, 0.25) is 0 Å². The second kappa shape index (κ2) is 8.58. The average molecular weight is 418 g/mol. The van der Waals surface area contributed by atoms with E-state index in [4.69, 9.17) is 0 Å². The quantitative estimate of drug-likeness (QED) is 0.755. The number of likely N-dealkylation sites (tertiary alicyclic amines) is 1. The van der Waals surface area contributed by atoms with Crippen LogP contribution in [0.2, 0.25) is 0 Å². The van der Waals surface area contributed by atoms with Gasteiger partial charge in [0.1, 0.15) is 5.75 Å². The Labute approximate surface area is 169 Å². The molecule has 0 aromatic heterocycles. The molecule has 1 fully saturated rings. The van der Waals surface area contributed by atoms with Gasteiger partial charge in [-0.15, -0.1) is 0 Å². The van der Waals surface area contributed by atoms with Crippen molar-refractivity contribution in [1.82, 2.24) is 0 Å². The number of halogens is 1. The van der Waals surface area contributed by atoms with Crippen molar-refractivity contribution in [2.45, 2.75) is 51.5 Å². The van der Waals surface area contributed by atoms with Crippen LogP contribution in [0.15, 0.2) is 42.5 Å². The van der Waals surface area contributed by atoms with Gasteiger partial charge < -0.3 is 26.6 Å². The first-order valence-corrected chi connectivity index (χ1v) is 9.55. The molecule has 3 heteroatoms. The number of rotatable bonds is 4. The Kier molecular flexibility index (Phi) is 6.92. The molecular weight excluding hydrogens is 386 g/mol. The summed E-state index contributed by atoms with van der Waals surface area (Å²) in [7, 11) is 4.73. The highest BCUT2D eigenvalue weighted by Crippen LogP contribution is 2.39. The number of piperidine rings is 1. The van der Waals surface area contributed by atoms with Gasteiger partial charge in [0, 0.05) is 17.9 Å². The van der Waals surface area contributed by atoms with E-state index in [-0.39, 0.29) is 22.9 Å². The highest BCUT2D eigenvalue weighted by molar-refractivity contribution is 5.44. The number of phenols is 1. The summed E-state index contributed by atoms with van der Waals surface area (Å²) in [6, 6.07) is 15.5. The average Bonchev–Trinajstić information content (AvgIpc) is 2.57. The molecule has 142 valence electrons. The van der Waals surface area contributed by atoms with Crippen LogP contribution < -0.4 is 17.0 Å². The zero-order valence-electron chi connectivity index (χ0n) is 16.5. The molecule has 1 N–H and O–H groups in total. The Morgan fingerprint density at radius 1 is 1.00 bits per heavy atom. The molecule has 2 aromatic rings. The first-order chi connectivity index (χ1) is 11.9. The maximum atomic E-state index is 10.6. The van der Waals surface area contributed by atoms with Gasteiger partial charge in [0.25, 0.3) is 0 Å². The minimum atomic E-state index is 0. The predicted molar refractivity (Wildman–Crippen MR) is 105 cm³/mol. The number of quaternary nitrogens is 1. The van der Waals surface area contributed by atoms with Crippen LogP contribution in [0.1, 0.15) is 53.9 Å². The van der Waals surface area contributed by atoms with Crippen LogP contribution in [0.4, 0.5) is 0 Å². The third-order valence-electron chi connectivity index (χ3n) is 6.06. The number of hydrogen-bond acceptors (Lipinski definition) is 1. The summed E-state index contributed by atoms with van der Waals surface area (Å²) in [6.07, 6.45) is 5.02. The third kappa shape index (κ3) is 4.69. The molecule has 2 unspecified atom stereocenters. The molecule has 26 heavy (non-hydrogen) atoms. The van der Waals surface area contributed by atoms with Gasteiger partial charge in [-0.2, -0.15) is 0 Å². The van der Waals surface area contributed by atoms with E-state index in [1.54, 1.807) is 0 Å². The highest BCUT2D eigenvalue weighted by atomic mass is 79.9. The molecule has 0 spiro atoms. The minimum absolute atomic E-state index is 0. The third-order valence-corrected chi connectivity index (χ3v) is 6.06. The molecule has 2 atom stereocenters. The summed E-state index contributed by atoms with van der Waals surface area (Å²) in [4.78, 5) is 0. The number of nitrogens with zero attached hydrogens (tertiary/aromatic N) is 1. The van der Waals surface area contributed by atoms with E-state index in [1.165, 1.54) is 42.5 Å². The van der Waals surface area contributed by atoms with Crippen molar-refractivity contribution < 1.29 is 26.6 Å². The summed E-state index contributed by atoms with van der Waals surface area (Å²) >= 11 is 0. The fraction of sp³-hybridized carbons (Fsp3) is 0.478. The molecule has 0 aliphatic carbocycles. The van der Waals surface area contributed by atoms with Crippen LogP contribution in [-0.2, 0) is 0 Å². The number of benzene rings is 2. The van der Waals surface area contributed by atoms with Gasteiger partial charge in [0.15, 0.2) is 0 Å². The van der Waals surface area contributed by atoms with E-state index in [2.05, 4.69) is 58.3 Å². The van der Waals surface area contributed by atoms with Crippen molar-refractivity contribution in [3.8, 4) is 5.75 Å². The van der Waals surface area contributed by atoms with Crippen molar-refractivity contribution in [2.24, 2.45) is 0 Å². The van der Waals surface area contributed by atoms with Crippen molar-refractivity contribution in [3.63, 3.8) is 0 Å². The molecule has 2 aromatic carbocycles. The van der Waals surface area contributed by atoms with Crippen LogP contribution in [0.3, 0.4) is 0 Å². The van der Waals surface area contributed by atoms with Gasteiger partial charge in [-0.1, -0.05) is 47.5 Å². The zero-order chi connectivity index (χ0) is 18.0. The summed E-state index contributed by atoms with van der Waals surface area (Å²) in [5.41, 5.74) is 4.89. The SMILES string of the molecule is Cc1ccc(C(CC2CCCC[N+]2(C)C)c2cc(C)ccc2O)cc1.[Br-]. The largest absolute Gasteiger partial charge is 1.00 e. The second-order valence-electron chi connectivity index (χ2n) is 8.41. The predicted octanol–water partition coefficient (Wildman–Crippen LogP) is 2.16. The monoisotopic (exact) mass is 417 g/mol. The smallest absolute Gasteiger partial charge is 0.119 e. The van der Waals surface area contributed by atoms with Gasteiger partial charge in [-0.05, 0) is 44.7 Å². The molecule has 3 rings (SSSR count). The van der Waals surface area contributed by atoms with Gasteiger partial charge in [0.05, 0.1) is 26.7 Å². The van der Waals surface area contributed by atoms with Crippen LogP contribution in [0.25, 0.3) is 0 Å². The molecule has 0 amide bonds. The molecule has 0 saturated carbocycles. The van der Waals surface area contributed by atoms with Gasteiger partial charge >= 0.3 is 0 Å². The molecule has 1 aliphatic heterocycles. The highest BCUT2D eigenvalue weighted by Gasteiger charge is 2.34. The summed E-state index contributed by atoms with van der Waals surface area (Å²) in [5, 5.41) is 10.6. The maximum absolute atomic E-state index is 10.6. The first kappa shape index (κ1) is 21.0. The number of aromatic hydroxyl groups is 1. The molecular formula is C23H32BrNO. The fourth-order valence-electron chi connectivity index (χ4n) is 4.30. The molecule has 2 nitrogen and oxygen atoms in total. The van der Waals surface area contributed by atoms with E-state index >= 15 is 0 Å². The van der Waals surface area contributed by atoms with Crippen molar-refractivity contribution >= 4 is 0 Å². The van der Waals surface area contributed by atoms with E-state index in [0.29, 0.717) is 11.8 Å². The lowest BCUT2D eigenvalue weighted by molar-refractivity contribution is -0.920. The molecule has 1 saturated heterocycles. The normalized spacial score (nSPS) is 20.2. The molecule has 1 heterocycles. The van der Waals surface area contributed by atoms with Crippen LogP contribution in [0.5, 0.6) is 5.75 Å². The van der Waals surface area contributed by atoms with E-state index in [9.17, 15) is 5.11 Å².